The summed E-state index contributed by atoms with van der Waals surface area (Å²) < 4.78 is 13.4. The number of carbonyl (C=O) groups is 1. The number of amides is 1. The lowest BCUT2D eigenvalue weighted by Gasteiger charge is -2.14. The molecule has 1 aromatic heterocycles. The summed E-state index contributed by atoms with van der Waals surface area (Å²) in [6.45, 7) is 1.29. The van der Waals surface area contributed by atoms with E-state index in [0.717, 1.165) is 59.8 Å². The van der Waals surface area contributed by atoms with Crippen molar-refractivity contribution in [2.45, 2.75) is 38.6 Å². The van der Waals surface area contributed by atoms with Crippen molar-refractivity contribution in [2.75, 3.05) is 18.9 Å². The minimum atomic E-state index is -0.240. The van der Waals surface area contributed by atoms with Crippen LogP contribution in [0.15, 0.2) is 53.7 Å². The molecule has 0 radical (unpaired) electrons. The largest absolute Gasteiger partial charge is 0.361 e. The van der Waals surface area contributed by atoms with Gasteiger partial charge in [-0.3, -0.25) is 9.79 Å². The van der Waals surface area contributed by atoms with Gasteiger partial charge in [-0.05, 0) is 60.7 Å². The number of aromatic amines is 1. The third kappa shape index (κ3) is 6.69. The first-order valence-corrected chi connectivity index (χ1v) is 11.2. The van der Waals surface area contributed by atoms with Gasteiger partial charge in [0.1, 0.15) is 5.82 Å². The van der Waals surface area contributed by atoms with Crippen molar-refractivity contribution in [3.8, 4) is 0 Å². The molecule has 6 nitrogen and oxygen atoms in total. The Kier molecular flexibility index (Phi) is 9.11. The smallest absolute Gasteiger partial charge is 0.227 e. The molecule has 2 aromatic carbocycles. The van der Waals surface area contributed by atoms with E-state index in [2.05, 4.69) is 25.9 Å². The van der Waals surface area contributed by atoms with Gasteiger partial charge in [0.05, 0.1) is 0 Å². The average molecular weight is 563 g/mol. The van der Waals surface area contributed by atoms with Crippen LogP contribution in [0.4, 0.5) is 10.1 Å². The highest BCUT2D eigenvalue weighted by Gasteiger charge is 2.22. The molecule has 0 bridgehead atoms. The Balaban J connectivity index is 0.00000306. The molecule has 1 amide bonds. The van der Waals surface area contributed by atoms with Crippen molar-refractivity contribution >= 4 is 52.4 Å². The molecule has 1 fully saturated rings. The number of aliphatic imine (C=N–C) groups is 1. The second kappa shape index (κ2) is 12.0. The minimum absolute atomic E-state index is 0. The Morgan fingerprint density at radius 2 is 1.97 bits per heavy atom. The molecule has 4 N–H and O–H groups in total. The molecule has 8 heteroatoms. The lowest BCUT2D eigenvalue weighted by atomic mass is 10.1. The van der Waals surface area contributed by atoms with Crippen LogP contribution in [0.2, 0.25) is 0 Å². The summed E-state index contributed by atoms with van der Waals surface area (Å²) in [6, 6.07) is 12.7. The van der Waals surface area contributed by atoms with Crippen LogP contribution in [-0.2, 0) is 17.8 Å². The van der Waals surface area contributed by atoms with Gasteiger partial charge >= 0.3 is 0 Å². The van der Waals surface area contributed by atoms with Gasteiger partial charge in [-0.2, -0.15) is 0 Å². The summed E-state index contributed by atoms with van der Waals surface area (Å²) in [5, 5.41) is 10.7. The Morgan fingerprint density at radius 3 is 2.76 bits per heavy atom. The Labute approximate surface area is 210 Å². The fraction of sp³-hybridized carbons (Fsp3) is 0.360. The zero-order valence-electron chi connectivity index (χ0n) is 18.8. The van der Waals surface area contributed by atoms with E-state index in [1.807, 2.05) is 36.5 Å². The fourth-order valence-electron chi connectivity index (χ4n) is 4.28. The van der Waals surface area contributed by atoms with E-state index in [-0.39, 0.29) is 41.6 Å². The quantitative estimate of drug-likeness (QED) is 0.186. The van der Waals surface area contributed by atoms with Crippen molar-refractivity contribution in [3.63, 3.8) is 0 Å². The number of fused-ring (bicyclic) bond motifs is 1. The number of nitrogens with zero attached hydrogens (tertiary/aromatic N) is 1. The molecule has 4 rings (SSSR count). The van der Waals surface area contributed by atoms with Gasteiger partial charge in [0.2, 0.25) is 5.91 Å². The summed E-state index contributed by atoms with van der Waals surface area (Å²) in [7, 11) is 1.74. The summed E-state index contributed by atoms with van der Waals surface area (Å²) in [6.07, 6.45) is 6.98. The number of rotatable bonds is 7. The molecular formula is C25H31FIN5O. The van der Waals surface area contributed by atoms with E-state index in [0.29, 0.717) is 19.0 Å². The molecule has 0 spiro atoms. The van der Waals surface area contributed by atoms with Crippen molar-refractivity contribution in [1.82, 2.24) is 15.6 Å². The van der Waals surface area contributed by atoms with Gasteiger partial charge in [0.25, 0.3) is 0 Å². The Morgan fingerprint density at radius 1 is 1.15 bits per heavy atom. The van der Waals surface area contributed by atoms with Gasteiger partial charge in [-0.25, -0.2) is 4.39 Å². The molecule has 33 heavy (non-hydrogen) atoms. The maximum Gasteiger partial charge on any atom is 0.227 e. The number of anilines is 1. The van der Waals surface area contributed by atoms with Gasteiger partial charge < -0.3 is 20.9 Å². The molecule has 0 aliphatic heterocycles. The molecule has 176 valence electrons. The SMILES string of the molecule is CN=C(NCCc1c[nH]c2cc(F)ccc12)NCc1cccc(NC(=O)C2CCCC2)c1.I. The van der Waals surface area contributed by atoms with Crippen molar-refractivity contribution in [1.29, 1.82) is 0 Å². The van der Waals surface area contributed by atoms with E-state index < -0.39 is 0 Å². The van der Waals surface area contributed by atoms with E-state index in [1.54, 1.807) is 7.05 Å². The second-order valence-corrected chi connectivity index (χ2v) is 8.28. The van der Waals surface area contributed by atoms with Crippen molar-refractivity contribution in [3.05, 3.63) is 65.6 Å². The van der Waals surface area contributed by atoms with Gasteiger partial charge in [0, 0.05) is 48.8 Å². The average Bonchev–Trinajstić information content (AvgIpc) is 3.47. The highest BCUT2D eigenvalue weighted by atomic mass is 127. The van der Waals surface area contributed by atoms with Crippen LogP contribution in [0.25, 0.3) is 10.9 Å². The van der Waals surface area contributed by atoms with E-state index in [4.69, 9.17) is 0 Å². The molecule has 1 heterocycles. The topological polar surface area (TPSA) is 81.3 Å². The number of guanidine groups is 1. The van der Waals surface area contributed by atoms with Crippen LogP contribution in [0, 0.1) is 11.7 Å². The molecule has 3 aromatic rings. The standard InChI is InChI=1S/C25H30FN5O.HI/c1-27-25(28-12-11-19-16-29-23-14-20(26)9-10-22(19)23)30-15-17-5-4-8-21(13-17)31-24(32)18-6-2-3-7-18;/h4-5,8-10,13-14,16,18,29H,2-3,6-7,11-12,15H2,1H3,(H,31,32)(H2,27,28,30);1H. The van der Waals surface area contributed by atoms with Crippen molar-refractivity contribution in [2.24, 2.45) is 10.9 Å². The van der Waals surface area contributed by atoms with Crippen LogP contribution in [-0.4, -0.2) is 30.4 Å². The van der Waals surface area contributed by atoms with Gasteiger partial charge in [-0.15, -0.1) is 24.0 Å². The second-order valence-electron chi connectivity index (χ2n) is 8.28. The van der Waals surface area contributed by atoms with E-state index in [1.165, 1.54) is 12.1 Å². The third-order valence-electron chi connectivity index (χ3n) is 6.02. The summed E-state index contributed by atoms with van der Waals surface area (Å²) >= 11 is 0. The van der Waals surface area contributed by atoms with Gasteiger partial charge in [-0.1, -0.05) is 25.0 Å². The predicted octanol–water partition coefficient (Wildman–Crippen LogP) is 4.96. The number of halogens is 2. The normalized spacial score (nSPS) is 14.2. The van der Waals surface area contributed by atoms with Crippen LogP contribution in [0.5, 0.6) is 0 Å². The number of nitrogens with one attached hydrogen (secondary N) is 4. The number of hydrogen-bond donors (Lipinski definition) is 4. The Hall–Kier alpha value is -2.62. The summed E-state index contributed by atoms with van der Waals surface area (Å²) in [5.41, 5.74) is 3.84. The van der Waals surface area contributed by atoms with E-state index in [9.17, 15) is 9.18 Å². The maximum atomic E-state index is 13.4. The number of H-pyrrole nitrogens is 1. The summed E-state index contributed by atoms with van der Waals surface area (Å²) in [4.78, 5) is 19.8. The minimum Gasteiger partial charge on any atom is -0.361 e. The monoisotopic (exact) mass is 563 g/mol. The van der Waals surface area contributed by atoms with Crippen LogP contribution in [0.1, 0.15) is 36.8 Å². The first-order chi connectivity index (χ1) is 15.6. The molecule has 1 aliphatic carbocycles. The Bertz CT molecular complexity index is 1110. The number of hydrogen-bond acceptors (Lipinski definition) is 2. The first kappa shape index (κ1) is 25.0. The molecule has 1 aliphatic rings. The number of carbonyl (C=O) groups excluding carboxylic acids is 1. The van der Waals surface area contributed by atoms with Crippen LogP contribution >= 0.6 is 24.0 Å². The maximum absolute atomic E-state index is 13.4. The van der Waals surface area contributed by atoms with Crippen molar-refractivity contribution < 1.29 is 9.18 Å². The first-order valence-electron chi connectivity index (χ1n) is 11.2. The highest BCUT2D eigenvalue weighted by Crippen LogP contribution is 2.26. The zero-order valence-corrected chi connectivity index (χ0v) is 21.1. The molecule has 0 atom stereocenters. The highest BCUT2D eigenvalue weighted by molar-refractivity contribution is 14.0. The fourth-order valence-corrected chi connectivity index (χ4v) is 4.28. The molecule has 0 unspecified atom stereocenters. The zero-order chi connectivity index (χ0) is 22.3. The molecule has 0 saturated heterocycles. The third-order valence-corrected chi connectivity index (χ3v) is 6.02. The van der Waals surface area contributed by atoms with E-state index >= 15 is 0 Å². The lowest BCUT2D eigenvalue weighted by molar-refractivity contribution is -0.119. The predicted molar refractivity (Wildman–Crippen MR) is 143 cm³/mol. The summed E-state index contributed by atoms with van der Waals surface area (Å²) in [5.74, 6) is 0.744. The molecule has 1 saturated carbocycles. The number of aromatic nitrogens is 1. The number of benzene rings is 2. The van der Waals surface area contributed by atoms with Crippen LogP contribution in [0.3, 0.4) is 0 Å². The van der Waals surface area contributed by atoms with Crippen LogP contribution < -0.4 is 16.0 Å². The lowest BCUT2D eigenvalue weighted by Crippen LogP contribution is -2.37. The van der Waals surface area contributed by atoms with Gasteiger partial charge in [0.15, 0.2) is 5.96 Å². The molecular weight excluding hydrogens is 532 g/mol.